The van der Waals surface area contributed by atoms with Gasteiger partial charge in [-0.2, -0.15) is 5.10 Å². The van der Waals surface area contributed by atoms with Crippen LogP contribution in [0.15, 0.2) is 60.7 Å². The van der Waals surface area contributed by atoms with Crippen LogP contribution in [0.1, 0.15) is 30.4 Å². The summed E-state index contributed by atoms with van der Waals surface area (Å²) in [6, 6.07) is 20.9. The number of methoxy groups -OCH3 is 1. The van der Waals surface area contributed by atoms with Crippen LogP contribution in [0.4, 0.5) is 11.4 Å². The fraction of sp³-hybridized carbons (Fsp3) is 0.355. The number of piperazine rings is 1. The number of aromatic amines is 1. The van der Waals surface area contributed by atoms with E-state index in [0.717, 1.165) is 78.3 Å². The van der Waals surface area contributed by atoms with Crippen LogP contribution in [0.25, 0.3) is 22.2 Å². The first-order chi connectivity index (χ1) is 18.5. The van der Waals surface area contributed by atoms with E-state index in [4.69, 9.17) is 4.74 Å². The van der Waals surface area contributed by atoms with Crippen LogP contribution in [0, 0.1) is 12.8 Å². The number of aromatic nitrogens is 2. The Balaban J connectivity index is 1.13. The average molecular weight is 510 g/mol. The van der Waals surface area contributed by atoms with Gasteiger partial charge in [-0.25, -0.2) is 0 Å². The van der Waals surface area contributed by atoms with E-state index in [1.54, 1.807) is 7.11 Å². The van der Waals surface area contributed by atoms with E-state index in [-0.39, 0.29) is 17.7 Å². The summed E-state index contributed by atoms with van der Waals surface area (Å²) < 4.78 is 5.27. The van der Waals surface area contributed by atoms with Crippen LogP contribution in [0.5, 0.6) is 5.75 Å². The van der Waals surface area contributed by atoms with Crippen molar-refractivity contribution >= 4 is 28.2 Å². The first-order valence-electron chi connectivity index (χ1n) is 13.6. The quantitative estimate of drug-likeness (QED) is 0.348. The standard InChI is InChI=1S/C31H35N5O2/c1-4-35-13-15-36(16-14-35)23-8-5-21(6-9-23)30-25-11-7-22(18-29(25)33-34-30)26-19-27(26)31(37)32-28-12-10-24(38-3)17-20(28)2/h5-12,17-18,26-27H,4,13-16,19H2,1-3H3,(H,32,37)(H,33,34)/t26-,27+/m0/s1. The number of carbonyl (C=O) groups is 1. The Labute approximate surface area is 223 Å². The van der Waals surface area contributed by atoms with Crippen molar-refractivity contribution in [3.63, 3.8) is 0 Å². The Hall–Kier alpha value is -3.84. The number of ether oxygens (including phenoxy) is 1. The lowest BCUT2D eigenvalue weighted by molar-refractivity contribution is -0.117. The molecule has 7 nitrogen and oxygen atoms in total. The van der Waals surface area contributed by atoms with Crippen molar-refractivity contribution in [1.82, 2.24) is 15.1 Å². The van der Waals surface area contributed by atoms with Crippen LogP contribution in [-0.2, 0) is 4.79 Å². The molecule has 1 amide bonds. The van der Waals surface area contributed by atoms with Crippen molar-refractivity contribution in [2.45, 2.75) is 26.2 Å². The van der Waals surface area contributed by atoms with E-state index in [1.165, 1.54) is 11.3 Å². The van der Waals surface area contributed by atoms with Crippen molar-refractivity contribution < 1.29 is 9.53 Å². The summed E-state index contributed by atoms with van der Waals surface area (Å²) in [6.45, 7) is 9.71. The number of amides is 1. The molecule has 3 aromatic carbocycles. The van der Waals surface area contributed by atoms with Gasteiger partial charge in [-0.1, -0.05) is 31.2 Å². The molecule has 2 aliphatic rings. The maximum atomic E-state index is 12.9. The highest BCUT2D eigenvalue weighted by Gasteiger charge is 2.44. The molecule has 196 valence electrons. The number of hydrogen-bond acceptors (Lipinski definition) is 5. The highest BCUT2D eigenvalue weighted by molar-refractivity contribution is 5.97. The molecule has 7 heteroatoms. The third kappa shape index (κ3) is 4.74. The van der Waals surface area contributed by atoms with E-state index in [0.29, 0.717) is 0 Å². The van der Waals surface area contributed by atoms with E-state index < -0.39 is 0 Å². The molecule has 2 N–H and O–H groups in total. The molecule has 4 aromatic rings. The largest absolute Gasteiger partial charge is 0.497 e. The molecule has 0 spiro atoms. The second-order valence-corrected chi connectivity index (χ2v) is 10.5. The zero-order valence-electron chi connectivity index (χ0n) is 22.3. The minimum atomic E-state index is -0.0110. The molecule has 1 aromatic heterocycles. The molecular formula is C31H35N5O2. The Morgan fingerprint density at radius 3 is 2.55 bits per heavy atom. The molecule has 1 saturated heterocycles. The van der Waals surface area contributed by atoms with Gasteiger partial charge in [-0.15, -0.1) is 0 Å². The van der Waals surface area contributed by atoms with Crippen molar-refractivity contribution in [2.24, 2.45) is 5.92 Å². The molecule has 2 heterocycles. The Bertz CT molecular complexity index is 1450. The zero-order chi connectivity index (χ0) is 26.2. The number of nitrogens with zero attached hydrogens (tertiary/aromatic N) is 3. The summed E-state index contributed by atoms with van der Waals surface area (Å²) in [5.41, 5.74) is 7.37. The third-order valence-electron chi connectivity index (χ3n) is 8.16. The fourth-order valence-electron chi connectivity index (χ4n) is 5.62. The first kappa shape index (κ1) is 24.5. The predicted molar refractivity (Wildman–Crippen MR) is 153 cm³/mol. The lowest BCUT2D eigenvalue weighted by atomic mass is 10.0. The number of fused-ring (bicyclic) bond motifs is 1. The van der Waals surface area contributed by atoms with Gasteiger partial charge < -0.3 is 19.9 Å². The van der Waals surface area contributed by atoms with Gasteiger partial charge in [-0.05, 0) is 73.3 Å². The van der Waals surface area contributed by atoms with Crippen LogP contribution in [0.2, 0.25) is 0 Å². The number of anilines is 2. The van der Waals surface area contributed by atoms with Gasteiger partial charge in [0, 0.05) is 54.4 Å². The van der Waals surface area contributed by atoms with Gasteiger partial charge in [0.05, 0.1) is 18.3 Å². The third-order valence-corrected chi connectivity index (χ3v) is 8.16. The average Bonchev–Trinajstić information content (AvgIpc) is 3.66. The SMILES string of the molecule is CCN1CCN(c2ccc(-c3n[nH]c4cc([C@@H]5C[C@H]5C(=O)Nc5ccc(OC)cc5C)ccc34)cc2)CC1. The van der Waals surface area contributed by atoms with E-state index >= 15 is 0 Å². The first-order valence-corrected chi connectivity index (χ1v) is 13.6. The Morgan fingerprint density at radius 2 is 1.84 bits per heavy atom. The van der Waals surface area contributed by atoms with Gasteiger partial charge in [-0.3, -0.25) is 9.89 Å². The van der Waals surface area contributed by atoms with Crippen molar-refractivity contribution in [2.75, 3.05) is 50.1 Å². The van der Waals surface area contributed by atoms with Gasteiger partial charge in [0.15, 0.2) is 0 Å². The molecular weight excluding hydrogens is 474 g/mol. The van der Waals surface area contributed by atoms with Crippen molar-refractivity contribution in [3.05, 3.63) is 71.8 Å². The Kier molecular flexibility index (Phi) is 6.54. The fourth-order valence-corrected chi connectivity index (χ4v) is 5.62. The van der Waals surface area contributed by atoms with Gasteiger partial charge in [0.25, 0.3) is 0 Å². The number of carbonyl (C=O) groups excluding carboxylic acids is 1. The minimum Gasteiger partial charge on any atom is -0.497 e. The lowest BCUT2D eigenvalue weighted by Crippen LogP contribution is -2.46. The van der Waals surface area contributed by atoms with Crippen molar-refractivity contribution in [1.29, 1.82) is 0 Å². The smallest absolute Gasteiger partial charge is 0.228 e. The summed E-state index contributed by atoms with van der Waals surface area (Å²) in [6.07, 6.45) is 0.863. The highest BCUT2D eigenvalue weighted by atomic mass is 16.5. The molecule has 1 aliphatic heterocycles. The molecule has 0 bridgehead atoms. The molecule has 1 aliphatic carbocycles. The molecule has 38 heavy (non-hydrogen) atoms. The van der Waals surface area contributed by atoms with Crippen molar-refractivity contribution in [3.8, 4) is 17.0 Å². The highest BCUT2D eigenvalue weighted by Crippen LogP contribution is 2.49. The second-order valence-electron chi connectivity index (χ2n) is 10.5. The molecule has 6 rings (SSSR count). The van der Waals surface area contributed by atoms with Crippen LogP contribution in [-0.4, -0.2) is 60.8 Å². The van der Waals surface area contributed by atoms with Gasteiger partial charge >= 0.3 is 0 Å². The molecule has 0 radical (unpaired) electrons. The molecule has 1 saturated carbocycles. The van der Waals surface area contributed by atoms with E-state index in [2.05, 4.69) is 74.7 Å². The number of benzene rings is 3. The minimum absolute atomic E-state index is 0.0110. The summed E-state index contributed by atoms with van der Waals surface area (Å²) in [5, 5.41) is 12.1. The maximum absolute atomic E-state index is 12.9. The summed E-state index contributed by atoms with van der Waals surface area (Å²) in [5.74, 6) is 1.09. The van der Waals surface area contributed by atoms with Gasteiger partial charge in [0.2, 0.25) is 5.91 Å². The predicted octanol–water partition coefficient (Wildman–Crippen LogP) is 5.43. The number of hydrogen-bond donors (Lipinski definition) is 2. The molecule has 2 atom stereocenters. The van der Waals surface area contributed by atoms with Crippen LogP contribution < -0.4 is 15.0 Å². The number of likely N-dealkylation sites (N-methyl/N-ethyl adjacent to an activating group) is 1. The Morgan fingerprint density at radius 1 is 1.05 bits per heavy atom. The van der Waals surface area contributed by atoms with Crippen LogP contribution in [0.3, 0.4) is 0 Å². The van der Waals surface area contributed by atoms with E-state index in [1.807, 2.05) is 25.1 Å². The lowest BCUT2D eigenvalue weighted by Gasteiger charge is -2.35. The number of H-pyrrole nitrogens is 1. The topological polar surface area (TPSA) is 73.5 Å². The summed E-state index contributed by atoms with van der Waals surface area (Å²) in [4.78, 5) is 17.9. The van der Waals surface area contributed by atoms with Crippen LogP contribution >= 0.6 is 0 Å². The summed E-state index contributed by atoms with van der Waals surface area (Å²) >= 11 is 0. The number of aryl methyl sites for hydroxylation is 1. The monoisotopic (exact) mass is 509 g/mol. The number of nitrogens with one attached hydrogen (secondary N) is 2. The normalized spacial score (nSPS) is 19.5. The zero-order valence-corrected chi connectivity index (χ0v) is 22.3. The molecule has 2 fully saturated rings. The number of rotatable bonds is 7. The second kappa shape index (κ2) is 10.1. The summed E-state index contributed by atoms with van der Waals surface area (Å²) in [7, 11) is 1.65. The maximum Gasteiger partial charge on any atom is 0.228 e. The van der Waals surface area contributed by atoms with E-state index in [9.17, 15) is 4.79 Å². The van der Waals surface area contributed by atoms with Gasteiger partial charge in [0.1, 0.15) is 5.75 Å². The molecule has 0 unspecified atom stereocenters.